The van der Waals surface area contributed by atoms with Crippen LogP contribution in [0.4, 0.5) is 0 Å². The van der Waals surface area contributed by atoms with E-state index in [1.54, 1.807) is 6.20 Å². The number of carbonyl (C=O) groups excluding carboxylic acids is 1. The highest BCUT2D eigenvalue weighted by molar-refractivity contribution is 7.17. The van der Waals surface area contributed by atoms with Gasteiger partial charge in [0.05, 0.1) is 17.4 Å². The highest BCUT2D eigenvalue weighted by atomic mass is 32.1. The Hall–Kier alpha value is -2.53. The van der Waals surface area contributed by atoms with Gasteiger partial charge >= 0.3 is 0 Å². The summed E-state index contributed by atoms with van der Waals surface area (Å²) < 4.78 is 0. The van der Waals surface area contributed by atoms with Crippen LogP contribution in [0.15, 0.2) is 48.7 Å². The fraction of sp³-hybridized carbons (Fsp3) is 0.250. The van der Waals surface area contributed by atoms with Crippen LogP contribution in [0.25, 0.3) is 10.7 Å². The van der Waals surface area contributed by atoms with Crippen molar-refractivity contribution in [3.63, 3.8) is 0 Å². The van der Waals surface area contributed by atoms with Gasteiger partial charge in [0.15, 0.2) is 0 Å². The lowest BCUT2D eigenvalue weighted by Gasteiger charge is -2.26. The molecule has 1 amide bonds. The van der Waals surface area contributed by atoms with Gasteiger partial charge < -0.3 is 5.32 Å². The quantitative estimate of drug-likeness (QED) is 0.766. The Morgan fingerprint density at radius 2 is 2.04 bits per heavy atom. The maximum absolute atomic E-state index is 12.8. The maximum Gasteiger partial charge on any atom is 0.263 e. The first-order chi connectivity index (χ1) is 12.2. The summed E-state index contributed by atoms with van der Waals surface area (Å²) in [4.78, 5) is 22.4. The van der Waals surface area contributed by atoms with E-state index in [9.17, 15) is 4.79 Å². The molecule has 0 bridgehead atoms. The SMILES string of the molecule is Cc1nc(-c2ccccn2)sc1C(=O)N[C@H]1CCCc2ccccc21. The Labute approximate surface area is 151 Å². The van der Waals surface area contributed by atoms with Crippen molar-refractivity contribution in [3.05, 3.63) is 70.4 Å². The largest absolute Gasteiger partial charge is 0.344 e. The number of fused-ring (bicyclic) bond motifs is 1. The van der Waals surface area contributed by atoms with E-state index in [1.807, 2.05) is 31.2 Å². The van der Waals surface area contributed by atoms with E-state index in [4.69, 9.17) is 0 Å². The van der Waals surface area contributed by atoms with Gasteiger partial charge in [0.25, 0.3) is 5.91 Å². The number of benzene rings is 1. The second-order valence-electron chi connectivity index (χ2n) is 6.27. The van der Waals surface area contributed by atoms with E-state index in [-0.39, 0.29) is 11.9 Å². The maximum atomic E-state index is 12.8. The van der Waals surface area contributed by atoms with E-state index in [0.717, 1.165) is 35.7 Å². The lowest BCUT2D eigenvalue weighted by molar-refractivity contribution is 0.0936. The predicted molar refractivity (Wildman–Crippen MR) is 99.7 cm³/mol. The minimum Gasteiger partial charge on any atom is -0.344 e. The average Bonchev–Trinajstić information content (AvgIpc) is 3.05. The number of aryl methyl sites for hydroxylation is 2. The van der Waals surface area contributed by atoms with Gasteiger partial charge in [-0.05, 0) is 49.4 Å². The summed E-state index contributed by atoms with van der Waals surface area (Å²) in [5.74, 6) is -0.0427. The van der Waals surface area contributed by atoms with E-state index in [0.29, 0.717) is 4.88 Å². The van der Waals surface area contributed by atoms with Crippen LogP contribution in [0, 0.1) is 6.92 Å². The number of aromatic nitrogens is 2. The molecule has 1 aliphatic carbocycles. The number of thiazole rings is 1. The molecule has 0 radical (unpaired) electrons. The van der Waals surface area contributed by atoms with Crippen molar-refractivity contribution in [2.24, 2.45) is 0 Å². The zero-order chi connectivity index (χ0) is 17.2. The van der Waals surface area contributed by atoms with Crippen molar-refractivity contribution in [2.75, 3.05) is 0 Å². The van der Waals surface area contributed by atoms with E-state index < -0.39 is 0 Å². The molecule has 0 aliphatic heterocycles. The number of rotatable bonds is 3. The first-order valence-electron chi connectivity index (χ1n) is 8.50. The van der Waals surface area contributed by atoms with Crippen molar-refractivity contribution in [3.8, 4) is 10.7 Å². The molecule has 0 spiro atoms. The average molecular weight is 349 g/mol. The molecule has 1 atom stereocenters. The highest BCUT2D eigenvalue weighted by Crippen LogP contribution is 2.31. The molecule has 0 unspecified atom stereocenters. The molecule has 1 aromatic carbocycles. The Kier molecular flexibility index (Phi) is 4.32. The molecule has 0 saturated heterocycles. The molecule has 25 heavy (non-hydrogen) atoms. The Morgan fingerprint density at radius 3 is 2.88 bits per heavy atom. The summed E-state index contributed by atoms with van der Waals surface area (Å²) in [5.41, 5.74) is 4.15. The summed E-state index contributed by atoms with van der Waals surface area (Å²) in [7, 11) is 0. The van der Waals surface area contributed by atoms with Crippen molar-refractivity contribution in [1.29, 1.82) is 0 Å². The van der Waals surface area contributed by atoms with Gasteiger partial charge in [0.1, 0.15) is 9.88 Å². The second kappa shape index (κ2) is 6.76. The van der Waals surface area contributed by atoms with Crippen LogP contribution >= 0.6 is 11.3 Å². The summed E-state index contributed by atoms with van der Waals surface area (Å²) >= 11 is 1.40. The minimum absolute atomic E-state index is 0.0427. The molecule has 126 valence electrons. The summed E-state index contributed by atoms with van der Waals surface area (Å²) in [6.45, 7) is 1.88. The number of pyridine rings is 1. The van der Waals surface area contributed by atoms with Gasteiger partial charge in [-0.15, -0.1) is 11.3 Å². The lowest BCUT2D eigenvalue weighted by atomic mass is 9.88. The zero-order valence-corrected chi connectivity index (χ0v) is 14.8. The first kappa shape index (κ1) is 16.0. The fourth-order valence-electron chi connectivity index (χ4n) is 3.33. The highest BCUT2D eigenvalue weighted by Gasteiger charge is 2.24. The predicted octanol–water partition coefficient (Wildman–Crippen LogP) is 4.32. The molecule has 2 aromatic heterocycles. The fourth-order valence-corrected chi connectivity index (χ4v) is 4.28. The van der Waals surface area contributed by atoms with E-state index in [2.05, 4.69) is 33.5 Å². The molecule has 3 aromatic rings. The standard InChI is InChI=1S/C20H19N3OS/c1-13-18(25-20(22-13)17-10-4-5-12-21-17)19(24)23-16-11-6-8-14-7-2-3-9-15(14)16/h2-5,7,9-10,12,16H,6,8,11H2,1H3,(H,23,24)/t16-/m0/s1. The first-order valence-corrected chi connectivity index (χ1v) is 9.31. The van der Waals surface area contributed by atoms with Crippen LogP contribution in [0.5, 0.6) is 0 Å². The van der Waals surface area contributed by atoms with Gasteiger partial charge in [-0.2, -0.15) is 0 Å². The molecule has 4 nitrogen and oxygen atoms in total. The summed E-state index contributed by atoms with van der Waals surface area (Å²) in [5, 5.41) is 3.99. The Bertz CT molecular complexity index is 904. The third kappa shape index (κ3) is 3.20. The number of hydrogen-bond donors (Lipinski definition) is 1. The van der Waals surface area contributed by atoms with Crippen LogP contribution in [0.3, 0.4) is 0 Å². The second-order valence-corrected chi connectivity index (χ2v) is 7.26. The summed E-state index contributed by atoms with van der Waals surface area (Å²) in [6.07, 6.45) is 4.91. The van der Waals surface area contributed by atoms with Gasteiger partial charge in [-0.1, -0.05) is 30.3 Å². The van der Waals surface area contributed by atoms with Gasteiger partial charge in [0.2, 0.25) is 0 Å². The molecule has 4 rings (SSSR count). The van der Waals surface area contributed by atoms with Crippen LogP contribution in [0.2, 0.25) is 0 Å². The van der Waals surface area contributed by atoms with Crippen molar-refractivity contribution < 1.29 is 4.79 Å². The van der Waals surface area contributed by atoms with Crippen molar-refractivity contribution in [2.45, 2.75) is 32.2 Å². The number of carbonyl (C=O) groups is 1. The summed E-state index contributed by atoms with van der Waals surface area (Å²) in [6, 6.07) is 14.2. The lowest BCUT2D eigenvalue weighted by Crippen LogP contribution is -2.30. The van der Waals surface area contributed by atoms with Crippen LogP contribution in [-0.4, -0.2) is 15.9 Å². The normalized spacial score (nSPS) is 16.3. The van der Waals surface area contributed by atoms with Gasteiger partial charge in [-0.25, -0.2) is 4.98 Å². The molecule has 0 saturated carbocycles. The number of hydrogen-bond acceptors (Lipinski definition) is 4. The van der Waals surface area contributed by atoms with Gasteiger partial charge in [0, 0.05) is 6.20 Å². The number of nitrogens with one attached hydrogen (secondary N) is 1. The third-order valence-electron chi connectivity index (χ3n) is 4.56. The van der Waals surface area contributed by atoms with E-state index >= 15 is 0 Å². The van der Waals surface area contributed by atoms with E-state index in [1.165, 1.54) is 22.5 Å². The van der Waals surface area contributed by atoms with Crippen molar-refractivity contribution >= 4 is 17.2 Å². The van der Waals surface area contributed by atoms with Crippen molar-refractivity contribution in [1.82, 2.24) is 15.3 Å². The smallest absolute Gasteiger partial charge is 0.263 e. The zero-order valence-electron chi connectivity index (χ0n) is 14.0. The molecule has 2 heterocycles. The molecule has 1 aliphatic rings. The molecule has 5 heteroatoms. The topological polar surface area (TPSA) is 54.9 Å². The Morgan fingerprint density at radius 1 is 1.20 bits per heavy atom. The molecular formula is C20H19N3OS. The van der Waals surface area contributed by atoms with Crippen LogP contribution in [-0.2, 0) is 6.42 Å². The van der Waals surface area contributed by atoms with Crippen LogP contribution < -0.4 is 5.32 Å². The monoisotopic (exact) mass is 349 g/mol. The third-order valence-corrected chi connectivity index (χ3v) is 5.74. The number of amides is 1. The minimum atomic E-state index is -0.0427. The van der Waals surface area contributed by atoms with Gasteiger partial charge in [-0.3, -0.25) is 9.78 Å². The molecule has 0 fully saturated rings. The molecular weight excluding hydrogens is 330 g/mol. The molecule has 1 N–H and O–H groups in total. The van der Waals surface area contributed by atoms with Crippen LogP contribution in [0.1, 0.15) is 45.4 Å². The number of nitrogens with zero attached hydrogens (tertiary/aromatic N) is 2. The Balaban J connectivity index is 1.58.